The van der Waals surface area contributed by atoms with Gasteiger partial charge in [-0.05, 0) is 41.4 Å². The van der Waals surface area contributed by atoms with Crippen LogP contribution in [0.25, 0.3) is 0 Å². The Kier molecular flexibility index (Phi) is 6.68. The van der Waals surface area contributed by atoms with Crippen LogP contribution < -0.4 is 5.73 Å². The second-order valence-electron chi connectivity index (χ2n) is 2.25. The molecule has 0 saturated heterocycles. The summed E-state index contributed by atoms with van der Waals surface area (Å²) >= 11 is 20.0. The molecule has 1 aromatic rings. The number of primary amides is 1. The van der Waals surface area contributed by atoms with Crippen molar-refractivity contribution < 1.29 is 9.59 Å². The quantitative estimate of drug-likeness (QED) is 0.802. The summed E-state index contributed by atoms with van der Waals surface area (Å²) in [6.07, 6.45) is 0. The van der Waals surface area contributed by atoms with Crippen LogP contribution in [0, 0.1) is 0 Å². The predicted molar refractivity (Wildman–Crippen MR) is 62.1 cm³/mol. The second-order valence-corrected chi connectivity index (χ2v) is 4.00. The van der Waals surface area contributed by atoms with Crippen molar-refractivity contribution in [1.29, 1.82) is 0 Å². The minimum atomic E-state index is -0.889. The second kappa shape index (κ2) is 6.90. The monoisotopic (exact) mass is 287 g/mol. The van der Waals surface area contributed by atoms with E-state index in [-0.39, 0.29) is 0 Å². The van der Waals surface area contributed by atoms with Crippen LogP contribution in [-0.4, -0.2) is 10.6 Å². The predicted octanol–water partition coefficient (Wildman–Crippen LogP) is 3.68. The van der Waals surface area contributed by atoms with Gasteiger partial charge in [-0.25, -0.2) is 0 Å². The maximum absolute atomic E-state index is 10.6. The topological polar surface area (TPSA) is 60.2 Å². The fraction of sp³-hybridized carbons (Fsp3) is 0. The van der Waals surface area contributed by atoms with Crippen LogP contribution >= 0.6 is 46.4 Å². The third-order valence-corrected chi connectivity index (χ3v) is 1.58. The molecule has 0 fully saturated rings. The lowest BCUT2D eigenvalue weighted by Gasteiger charge is -1.96. The molecule has 0 bridgehead atoms. The third kappa shape index (κ3) is 7.45. The van der Waals surface area contributed by atoms with Crippen molar-refractivity contribution in [1.82, 2.24) is 0 Å². The summed E-state index contributed by atoms with van der Waals surface area (Å²) in [5, 5.41) is 0.817. The van der Waals surface area contributed by atoms with Crippen LogP contribution in [-0.2, 0) is 0 Å². The van der Waals surface area contributed by atoms with Crippen molar-refractivity contribution in [2.24, 2.45) is 5.73 Å². The maximum Gasteiger partial charge on any atom is 0.313 e. The van der Waals surface area contributed by atoms with Crippen LogP contribution in [0.5, 0.6) is 0 Å². The van der Waals surface area contributed by atoms with E-state index in [9.17, 15) is 4.79 Å². The molecule has 15 heavy (non-hydrogen) atoms. The van der Waals surface area contributed by atoms with E-state index in [1.165, 1.54) is 18.2 Å². The minimum Gasteiger partial charge on any atom is -0.366 e. The van der Waals surface area contributed by atoms with Crippen molar-refractivity contribution >= 4 is 57.0 Å². The van der Waals surface area contributed by atoms with Crippen LogP contribution in [0.3, 0.4) is 0 Å². The van der Waals surface area contributed by atoms with Gasteiger partial charge in [0.2, 0.25) is 5.91 Å². The van der Waals surface area contributed by atoms with Gasteiger partial charge in [0.1, 0.15) is 0 Å². The highest BCUT2D eigenvalue weighted by atomic mass is 35.5. The molecule has 0 spiro atoms. The summed E-state index contributed by atoms with van der Waals surface area (Å²) in [6, 6.07) is 4.47. The van der Waals surface area contributed by atoms with Gasteiger partial charge in [-0.3, -0.25) is 9.59 Å². The Bertz CT molecular complexity index is 357. The van der Waals surface area contributed by atoms with Crippen molar-refractivity contribution in [3.63, 3.8) is 0 Å². The largest absolute Gasteiger partial charge is 0.366 e. The van der Waals surface area contributed by atoms with E-state index in [0.717, 1.165) is 0 Å². The van der Waals surface area contributed by atoms with Crippen molar-refractivity contribution in [2.75, 3.05) is 0 Å². The Hall–Kier alpha value is -0.480. The summed E-state index contributed by atoms with van der Waals surface area (Å²) in [5.74, 6) is -0.533. The van der Waals surface area contributed by atoms with Crippen molar-refractivity contribution in [3.05, 3.63) is 33.8 Å². The summed E-state index contributed by atoms with van der Waals surface area (Å²) in [5.41, 5.74) is 5.32. The first kappa shape index (κ1) is 14.5. The number of hydrogen-bond acceptors (Lipinski definition) is 2. The number of carbonyl (C=O) groups is 2. The smallest absolute Gasteiger partial charge is 0.313 e. The molecule has 0 atom stereocenters. The number of hydrogen-bond donors (Lipinski definition) is 1. The van der Waals surface area contributed by atoms with Crippen LogP contribution in [0.15, 0.2) is 18.2 Å². The Labute approximate surface area is 106 Å². The zero-order valence-electron chi connectivity index (χ0n) is 7.14. The van der Waals surface area contributed by atoms with Crippen LogP contribution in [0.1, 0.15) is 10.4 Å². The summed E-state index contributed by atoms with van der Waals surface area (Å²) in [4.78, 5) is 19.6. The molecule has 0 saturated carbocycles. The van der Waals surface area contributed by atoms with Gasteiger partial charge < -0.3 is 5.73 Å². The SMILES string of the molecule is NC(=O)c1cc(Cl)cc(Cl)c1.O=C(Cl)Cl. The Morgan fingerprint density at radius 3 is 1.60 bits per heavy atom. The molecule has 3 nitrogen and oxygen atoms in total. The Balaban J connectivity index is 0.000000423. The first-order chi connectivity index (χ1) is 6.82. The molecule has 1 aromatic carbocycles. The van der Waals surface area contributed by atoms with E-state index in [4.69, 9.17) is 33.7 Å². The normalized spacial score (nSPS) is 8.80. The van der Waals surface area contributed by atoms with Crippen LogP contribution in [0.4, 0.5) is 4.79 Å². The summed E-state index contributed by atoms with van der Waals surface area (Å²) in [6.45, 7) is 0. The van der Waals surface area contributed by atoms with Gasteiger partial charge in [0.05, 0.1) is 0 Å². The van der Waals surface area contributed by atoms with Gasteiger partial charge in [-0.1, -0.05) is 23.2 Å². The molecule has 1 rings (SSSR count). The Morgan fingerprint density at radius 1 is 1.00 bits per heavy atom. The highest BCUT2D eigenvalue weighted by Crippen LogP contribution is 2.18. The fourth-order valence-corrected chi connectivity index (χ4v) is 1.22. The van der Waals surface area contributed by atoms with Gasteiger partial charge in [0, 0.05) is 15.6 Å². The first-order valence-corrected chi connectivity index (χ1v) is 4.95. The lowest BCUT2D eigenvalue weighted by atomic mass is 10.2. The van der Waals surface area contributed by atoms with E-state index < -0.39 is 10.6 Å². The lowest BCUT2D eigenvalue weighted by Crippen LogP contribution is -2.10. The molecular weight excluding hydrogens is 284 g/mol. The lowest BCUT2D eigenvalue weighted by molar-refractivity contribution is 0.100. The van der Waals surface area contributed by atoms with Crippen molar-refractivity contribution in [3.8, 4) is 0 Å². The van der Waals surface area contributed by atoms with E-state index >= 15 is 0 Å². The van der Waals surface area contributed by atoms with Gasteiger partial charge >= 0.3 is 4.70 Å². The maximum atomic E-state index is 10.6. The molecule has 0 heterocycles. The molecule has 0 aliphatic rings. The molecule has 0 aliphatic carbocycles. The van der Waals surface area contributed by atoms with E-state index in [2.05, 4.69) is 23.2 Å². The van der Waals surface area contributed by atoms with Crippen molar-refractivity contribution in [2.45, 2.75) is 0 Å². The highest BCUT2D eigenvalue weighted by Gasteiger charge is 2.02. The molecule has 1 amide bonds. The molecule has 0 unspecified atom stereocenters. The van der Waals surface area contributed by atoms with Gasteiger partial charge in [0.25, 0.3) is 0 Å². The number of halogens is 4. The molecule has 0 radical (unpaired) electrons. The number of nitrogens with two attached hydrogens (primary N) is 1. The van der Waals surface area contributed by atoms with E-state index in [1.54, 1.807) is 0 Å². The standard InChI is InChI=1S/C7H5Cl2NO.CCl2O/c8-5-1-4(7(10)11)2-6(9)3-5;2-1(3)4/h1-3H,(H2,10,11);. The molecule has 0 aliphatic heterocycles. The minimum absolute atomic E-state index is 0.322. The Morgan fingerprint density at radius 2 is 1.33 bits per heavy atom. The van der Waals surface area contributed by atoms with Gasteiger partial charge in [0.15, 0.2) is 0 Å². The number of benzene rings is 1. The third-order valence-electron chi connectivity index (χ3n) is 1.15. The average molecular weight is 289 g/mol. The highest BCUT2D eigenvalue weighted by molar-refractivity contribution is 6.93. The zero-order chi connectivity index (χ0) is 12.0. The molecule has 82 valence electrons. The molecule has 0 aromatic heterocycles. The number of carbonyl (C=O) groups excluding carboxylic acids is 2. The number of amides is 1. The van der Waals surface area contributed by atoms with Gasteiger partial charge in [-0.15, -0.1) is 0 Å². The molecule has 2 N–H and O–H groups in total. The summed E-state index contributed by atoms with van der Waals surface area (Å²) < 4.78 is -0.889. The molecular formula is C8H5Cl4NO2. The average Bonchev–Trinajstić information content (AvgIpc) is 2.00. The summed E-state index contributed by atoms with van der Waals surface area (Å²) in [7, 11) is 0. The molecule has 7 heteroatoms. The van der Waals surface area contributed by atoms with E-state index in [1.807, 2.05) is 0 Å². The van der Waals surface area contributed by atoms with Gasteiger partial charge in [-0.2, -0.15) is 0 Å². The number of rotatable bonds is 1. The fourth-order valence-electron chi connectivity index (χ4n) is 0.696. The van der Waals surface area contributed by atoms with E-state index in [0.29, 0.717) is 15.6 Å². The first-order valence-electron chi connectivity index (χ1n) is 3.43. The van der Waals surface area contributed by atoms with Crippen LogP contribution in [0.2, 0.25) is 10.0 Å². The zero-order valence-corrected chi connectivity index (χ0v) is 10.2.